The van der Waals surface area contributed by atoms with Crippen molar-refractivity contribution < 1.29 is 19.0 Å². The summed E-state index contributed by atoms with van der Waals surface area (Å²) in [4.78, 5) is 21.7. The summed E-state index contributed by atoms with van der Waals surface area (Å²) in [7, 11) is 3.14. The van der Waals surface area contributed by atoms with Crippen molar-refractivity contribution in [3.05, 3.63) is 11.9 Å². The van der Waals surface area contributed by atoms with E-state index < -0.39 is 0 Å². The molecule has 1 aromatic rings. The second-order valence-corrected chi connectivity index (χ2v) is 6.69. The lowest BCUT2D eigenvalue weighted by Crippen LogP contribution is -2.39. The Morgan fingerprint density at radius 1 is 1.16 bits per heavy atom. The zero-order chi connectivity index (χ0) is 17.6. The highest BCUT2D eigenvalue weighted by atomic mass is 16.5. The van der Waals surface area contributed by atoms with E-state index in [9.17, 15) is 4.79 Å². The highest BCUT2D eigenvalue weighted by Gasteiger charge is 2.34. The average Bonchev–Trinajstić information content (AvgIpc) is 3.19. The first-order valence-electron chi connectivity index (χ1n) is 9.07. The van der Waals surface area contributed by atoms with Gasteiger partial charge in [-0.2, -0.15) is 9.97 Å². The molecule has 0 spiro atoms. The second kappa shape index (κ2) is 8.47. The van der Waals surface area contributed by atoms with Gasteiger partial charge in [-0.1, -0.05) is 12.8 Å². The van der Waals surface area contributed by atoms with E-state index in [0.717, 1.165) is 45.1 Å². The van der Waals surface area contributed by atoms with E-state index in [1.807, 2.05) is 0 Å². The first-order valence-corrected chi connectivity index (χ1v) is 9.07. The van der Waals surface area contributed by atoms with Gasteiger partial charge in [-0.3, -0.25) is 4.79 Å². The second-order valence-electron chi connectivity index (χ2n) is 6.69. The summed E-state index contributed by atoms with van der Waals surface area (Å²) in [5.41, 5.74) is 0. The highest BCUT2D eigenvalue weighted by molar-refractivity contribution is 5.79. The topological polar surface area (TPSA) is 82.6 Å². The van der Waals surface area contributed by atoms with Gasteiger partial charge in [0.05, 0.1) is 26.4 Å². The predicted octanol–water partition coefficient (Wildman–Crippen LogP) is 2.06. The normalized spacial score (nSPS) is 26.2. The van der Waals surface area contributed by atoms with Crippen LogP contribution in [-0.4, -0.2) is 49.4 Å². The van der Waals surface area contributed by atoms with Crippen LogP contribution in [-0.2, 0) is 9.53 Å². The fraction of sp³-hybridized carbons (Fsp3) is 0.722. The van der Waals surface area contributed by atoms with Gasteiger partial charge >= 0.3 is 0 Å². The number of methoxy groups -OCH3 is 2. The third kappa shape index (κ3) is 4.39. The van der Waals surface area contributed by atoms with E-state index in [1.165, 1.54) is 0 Å². The number of ether oxygens (including phenoxy) is 3. The first kappa shape index (κ1) is 17.9. The Morgan fingerprint density at radius 3 is 2.52 bits per heavy atom. The molecule has 1 saturated carbocycles. The number of nitrogens with one attached hydrogen (secondary N) is 1. The maximum atomic E-state index is 12.8. The number of aromatic nitrogens is 2. The van der Waals surface area contributed by atoms with Gasteiger partial charge in [-0.05, 0) is 25.7 Å². The van der Waals surface area contributed by atoms with Crippen LogP contribution in [0.3, 0.4) is 0 Å². The number of nitrogens with zero attached hydrogens (tertiary/aromatic N) is 2. The maximum absolute atomic E-state index is 12.8. The Labute approximate surface area is 148 Å². The number of carbonyl (C=O) groups is 1. The van der Waals surface area contributed by atoms with Crippen molar-refractivity contribution in [3.8, 4) is 11.8 Å². The van der Waals surface area contributed by atoms with Gasteiger partial charge in [-0.25, -0.2) is 0 Å². The molecule has 2 aliphatic rings. The van der Waals surface area contributed by atoms with E-state index in [1.54, 1.807) is 20.3 Å². The van der Waals surface area contributed by atoms with Crippen LogP contribution in [0.15, 0.2) is 6.07 Å². The van der Waals surface area contributed by atoms with Gasteiger partial charge in [0.15, 0.2) is 0 Å². The van der Waals surface area contributed by atoms with E-state index in [-0.39, 0.29) is 23.8 Å². The van der Waals surface area contributed by atoms with Crippen molar-refractivity contribution in [2.75, 3.05) is 27.4 Å². The predicted molar refractivity (Wildman–Crippen MR) is 91.8 cm³/mol. The molecule has 138 valence electrons. The van der Waals surface area contributed by atoms with Crippen LogP contribution in [0.1, 0.15) is 50.3 Å². The van der Waals surface area contributed by atoms with Gasteiger partial charge in [0.25, 0.3) is 0 Å². The van der Waals surface area contributed by atoms with Gasteiger partial charge in [0.2, 0.25) is 17.7 Å². The quantitative estimate of drug-likeness (QED) is 0.846. The number of rotatable bonds is 6. The standard InChI is InChI=1S/C18H27N3O4/c1-23-15-10-16(24-2)21-17(20-15)13-7-3-4-8-14(13)18(22)19-11-12-6-5-9-25-12/h10,12-14H,3-9,11H2,1-2H3,(H,19,22)/t12-,13-,14+/m1/s1. The smallest absolute Gasteiger partial charge is 0.223 e. The molecule has 1 N–H and O–H groups in total. The molecule has 1 aliphatic carbocycles. The molecule has 3 rings (SSSR count). The summed E-state index contributed by atoms with van der Waals surface area (Å²) >= 11 is 0. The van der Waals surface area contributed by atoms with Crippen LogP contribution in [0.5, 0.6) is 11.8 Å². The maximum Gasteiger partial charge on any atom is 0.223 e. The lowest BCUT2D eigenvalue weighted by Gasteiger charge is -2.30. The van der Waals surface area contributed by atoms with Gasteiger partial charge in [0.1, 0.15) is 5.82 Å². The SMILES string of the molecule is COc1cc(OC)nc([C@@H]2CCCC[C@@H]2C(=O)NC[C@H]2CCCO2)n1. The molecule has 3 atom stereocenters. The largest absolute Gasteiger partial charge is 0.481 e. The van der Waals surface area contributed by atoms with E-state index >= 15 is 0 Å². The molecule has 2 heterocycles. The van der Waals surface area contributed by atoms with Crippen molar-refractivity contribution in [2.45, 2.75) is 50.5 Å². The molecule has 0 bridgehead atoms. The minimum Gasteiger partial charge on any atom is -0.481 e. The molecular formula is C18H27N3O4. The third-order valence-electron chi connectivity index (χ3n) is 5.08. The van der Waals surface area contributed by atoms with Gasteiger partial charge in [0, 0.05) is 25.0 Å². The zero-order valence-corrected chi connectivity index (χ0v) is 15.0. The van der Waals surface area contributed by atoms with Crippen molar-refractivity contribution in [2.24, 2.45) is 5.92 Å². The van der Waals surface area contributed by atoms with Crippen molar-refractivity contribution in [3.63, 3.8) is 0 Å². The van der Waals surface area contributed by atoms with Gasteiger partial charge < -0.3 is 19.5 Å². The van der Waals surface area contributed by atoms with E-state index in [2.05, 4.69) is 15.3 Å². The number of carbonyl (C=O) groups excluding carboxylic acids is 1. The summed E-state index contributed by atoms with van der Waals surface area (Å²) in [5, 5.41) is 3.07. The lowest BCUT2D eigenvalue weighted by molar-refractivity contribution is -0.127. The van der Waals surface area contributed by atoms with Crippen molar-refractivity contribution in [1.29, 1.82) is 0 Å². The molecule has 7 nitrogen and oxygen atoms in total. The Morgan fingerprint density at radius 2 is 1.88 bits per heavy atom. The number of hydrogen-bond donors (Lipinski definition) is 1. The van der Waals surface area contributed by atoms with E-state index in [0.29, 0.717) is 24.1 Å². The summed E-state index contributed by atoms with van der Waals surface area (Å²) in [6, 6.07) is 1.65. The minimum atomic E-state index is -0.119. The third-order valence-corrected chi connectivity index (χ3v) is 5.08. The molecular weight excluding hydrogens is 322 g/mol. The molecule has 25 heavy (non-hydrogen) atoms. The zero-order valence-electron chi connectivity index (χ0n) is 15.0. The molecule has 0 aromatic carbocycles. The molecule has 1 aliphatic heterocycles. The number of amides is 1. The molecule has 1 amide bonds. The van der Waals surface area contributed by atoms with Crippen LogP contribution in [0.25, 0.3) is 0 Å². The van der Waals surface area contributed by atoms with Crippen molar-refractivity contribution >= 4 is 5.91 Å². The van der Waals surface area contributed by atoms with Crippen LogP contribution < -0.4 is 14.8 Å². The average molecular weight is 349 g/mol. The van der Waals surface area contributed by atoms with Crippen LogP contribution in [0.2, 0.25) is 0 Å². The monoisotopic (exact) mass is 349 g/mol. The Hall–Kier alpha value is -1.89. The van der Waals surface area contributed by atoms with Gasteiger partial charge in [-0.15, -0.1) is 0 Å². The first-order chi connectivity index (χ1) is 12.2. The summed E-state index contributed by atoms with van der Waals surface area (Å²) in [6.45, 7) is 1.38. The molecule has 1 aromatic heterocycles. The lowest BCUT2D eigenvalue weighted by atomic mass is 9.78. The molecule has 2 fully saturated rings. The summed E-state index contributed by atoms with van der Waals surface area (Å²) in [6.07, 6.45) is 6.12. The molecule has 0 radical (unpaired) electrons. The minimum absolute atomic E-state index is 0.0118. The molecule has 1 saturated heterocycles. The van der Waals surface area contributed by atoms with Crippen LogP contribution >= 0.6 is 0 Å². The fourth-order valence-electron chi connectivity index (χ4n) is 3.70. The highest BCUT2D eigenvalue weighted by Crippen LogP contribution is 2.37. The fourth-order valence-corrected chi connectivity index (χ4v) is 3.70. The Balaban J connectivity index is 1.72. The Kier molecular flexibility index (Phi) is 6.07. The van der Waals surface area contributed by atoms with Crippen LogP contribution in [0, 0.1) is 5.92 Å². The van der Waals surface area contributed by atoms with Crippen molar-refractivity contribution in [1.82, 2.24) is 15.3 Å². The molecule has 0 unspecified atom stereocenters. The summed E-state index contributed by atoms with van der Waals surface area (Å²) in [5.74, 6) is 1.50. The number of hydrogen-bond acceptors (Lipinski definition) is 6. The Bertz CT molecular complexity index is 567. The van der Waals surface area contributed by atoms with Crippen LogP contribution in [0.4, 0.5) is 0 Å². The molecule has 7 heteroatoms. The van der Waals surface area contributed by atoms with E-state index in [4.69, 9.17) is 14.2 Å². The summed E-state index contributed by atoms with van der Waals surface area (Å²) < 4.78 is 16.1.